The highest BCUT2D eigenvalue weighted by Crippen LogP contribution is 2.63. The number of hydrogen-bond donors (Lipinski definition) is 2. The van der Waals surface area contributed by atoms with Crippen LogP contribution in [0.3, 0.4) is 0 Å². The first-order valence-corrected chi connectivity index (χ1v) is 11.2. The van der Waals surface area contributed by atoms with Crippen molar-refractivity contribution in [3.8, 4) is 0 Å². The number of rotatable bonds is 7. The molecule has 2 bridgehead atoms. The molecule has 1 aromatic heterocycles. The van der Waals surface area contributed by atoms with E-state index in [4.69, 9.17) is 9.47 Å². The Hall–Kier alpha value is -3.05. The molecule has 2 amide bonds. The van der Waals surface area contributed by atoms with Gasteiger partial charge in [-0.1, -0.05) is 17.3 Å². The lowest BCUT2D eigenvalue weighted by Gasteiger charge is -2.33. The van der Waals surface area contributed by atoms with Gasteiger partial charge in [-0.2, -0.15) is 0 Å². The number of esters is 1. The predicted molar refractivity (Wildman–Crippen MR) is 113 cm³/mol. The number of benzene rings is 1. The number of likely N-dealkylation sites (tertiary alicyclic amines) is 1. The molecule has 11 heteroatoms. The molecule has 0 aliphatic carbocycles. The number of aromatic nitrogens is 3. The van der Waals surface area contributed by atoms with Crippen LogP contribution in [0.2, 0.25) is 0 Å². The summed E-state index contributed by atoms with van der Waals surface area (Å²) in [5, 5.41) is 20.6. The number of fused-ring (bicyclic) bond motifs is 2. The van der Waals surface area contributed by atoms with E-state index >= 15 is 0 Å². The molecule has 2 N–H and O–H groups in total. The molecule has 2 unspecified atom stereocenters. The summed E-state index contributed by atoms with van der Waals surface area (Å²) >= 11 is 0. The van der Waals surface area contributed by atoms with Crippen LogP contribution in [0.4, 0.5) is 0 Å². The van der Waals surface area contributed by atoms with Crippen LogP contribution in [0, 0.1) is 11.8 Å². The molecule has 3 aliphatic heterocycles. The van der Waals surface area contributed by atoms with E-state index in [0.717, 1.165) is 5.52 Å². The molecule has 1 aromatic carbocycles. The van der Waals surface area contributed by atoms with Crippen molar-refractivity contribution in [2.24, 2.45) is 11.8 Å². The van der Waals surface area contributed by atoms with E-state index < -0.39 is 41.0 Å². The van der Waals surface area contributed by atoms with E-state index in [1.54, 1.807) is 11.6 Å². The standard InChI is InChI=1S/C22H27N5O6/c1-3-32-20(31)16-15-19(30)26(10-11-28)17(22(15)9-8-21(16,2)33-22)18(29)23-12-27-14-7-5-4-6-13(14)24-25-27/h4-7,15-17,28H,3,8-12H2,1-2H3,(H,23,29)/t15-,16-,17?,21+,22?/m0/s1. The summed E-state index contributed by atoms with van der Waals surface area (Å²) in [7, 11) is 0. The quantitative estimate of drug-likeness (QED) is 0.547. The third kappa shape index (κ3) is 3.06. The van der Waals surface area contributed by atoms with Crippen LogP contribution in [-0.2, 0) is 30.5 Å². The second-order valence-corrected chi connectivity index (χ2v) is 9.01. The van der Waals surface area contributed by atoms with E-state index in [2.05, 4.69) is 15.6 Å². The van der Waals surface area contributed by atoms with Gasteiger partial charge in [0.1, 0.15) is 29.7 Å². The number of aliphatic hydroxyl groups is 1. The molecule has 1 spiro atoms. The van der Waals surface area contributed by atoms with Crippen LogP contribution in [0.15, 0.2) is 24.3 Å². The van der Waals surface area contributed by atoms with E-state index in [9.17, 15) is 19.5 Å². The fourth-order valence-electron chi connectivity index (χ4n) is 5.95. The van der Waals surface area contributed by atoms with Crippen molar-refractivity contribution in [2.75, 3.05) is 19.8 Å². The summed E-state index contributed by atoms with van der Waals surface area (Å²) in [6.45, 7) is 3.42. The van der Waals surface area contributed by atoms with Crippen molar-refractivity contribution < 1.29 is 29.0 Å². The Morgan fingerprint density at radius 2 is 2.12 bits per heavy atom. The molecule has 5 rings (SSSR count). The number of carbonyl (C=O) groups excluding carboxylic acids is 3. The van der Waals surface area contributed by atoms with Crippen LogP contribution in [0.5, 0.6) is 0 Å². The number of hydrogen-bond acceptors (Lipinski definition) is 8. The Balaban J connectivity index is 1.45. The second kappa shape index (κ2) is 7.77. The first-order chi connectivity index (χ1) is 15.9. The highest BCUT2D eigenvalue weighted by Gasteiger charge is 2.78. The zero-order valence-corrected chi connectivity index (χ0v) is 18.6. The van der Waals surface area contributed by atoms with E-state index in [1.807, 2.05) is 31.2 Å². The maximum absolute atomic E-state index is 13.5. The number of amides is 2. The Kier molecular flexibility index (Phi) is 5.13. The summed E-state index contributed by atoms with van der Waals surface area (Å²) in [6.07, 6.45) is 0.993. The summed E-state index contributed by atoms with van der Waals surface area (Å²) < 4.78 is 13.2. The molecule has 4 heterocycles. The normalized spacial score (nSPS) is 32.4. The summed E-state index contributed by atoms with van der Waals surface area (Å²) in [5.41, 5.74) is -0.561. The molecular weight excluding hydrogens is 430 g/mol. The van der Waals surface area contributed by atoms with Gasteiger partial charge in [-0.05, 0) is 38.8 Å². The Labute approximate surface area is 190 Å². The molecule has 176 valence electrons. The van der Waals surface area contributed by atoms with Gasteiger partial charge in [0.15, 0.2) is 0 Å². The minimum absolute atomic E-state index is 0.0307. The Morgan fingerprint density at radius 3 is 2.88 bits per heavy atom. The van der Waals surface area contributed by atoms with Crippen LogP contribution in [0.1, 0.15) is 26.7 Å². The molecule has 0 saturated carbocycles. The molecule has 5 atom stereocenters. The van der Waals surface area contributed by atoms with Gasteiger partial charge in [0.25, 0.3) is 0 Å². The van der Waals surface area contributed by atoms with Crippen molar-refractivity contribution in [3.05, 3.63) is 24.3 Å². The maximum Gasteiger partial charge on any atom is 0.312 e. The van der Waals surface area contributed by atoms with E-state index in [1.165, 1.54) is 4.90 Å². The monoisotopic (exact) mass is 457 g/mol. The lowest BCUT2D eigenvalue weighted by molar-refractivity contribution is -0.159. The minimum Gasteiger partial charge on any atom is -0.466 e. The number of para-hydroxylation sites is 1. The SMILES string of the molecule is CCOC(=O)[C@@H]1[C@H]2C(=O)N(CCO)C(C(=O)NCn3nnc4ccccc43)C23CC[C@@]1(C)O3. The molecule has 3 aliphatic rings. The number of carbonyl (C=O) groups is 3. The second-order valence-electron chi connectivity index (χ2n) is 9.01. The summed E-state index contributed by atoms with van der Waals surface area (Å²) in [6, 6.07) is 6.40. The van der Waals surface area contributed by atoms with Crippen LogP contribution < -0.4 is 5.32 Å². The number of nitrogens with zero attached hydrogens (tertiary/aromatic N) is 4. The fourth-order valence-corrected chi connectivity index (χ4v) is 5.95. The van der Waals surface area contributed by atoms with Crippen LogP contribution in [-0.4, -0.2) is 79.8 Å². The maximum atomic E-state index is 13.5. The van der Waals surface area contributed by atoms with Gasteiger partial charge >= 0.3 is 5.97 Å². The average Bonchev–Trinajstić information content (AvgIpc) is 3.49. The number of ether oxygens (including phenoxy) is 2. The smallest absolute Gasteiger partial charge is 0.312 e. The van der Waals surface area contributed by atoms with Crippen molar-refractivity contribution in [2.45, 2.75) is 50.6 Å². The van der Waals surface area contributed by atoms with Gasteiger partial charge in [0, 0.05) is 6.54 Å². The van der Waals surface area contributed by atoms with Crippen molar-refractivity contribution >= 4 is 28.8 Å². The van der Waals surface area contributed by atoms with Gasteiger partial charge in [-0.15, -0.1) is 5.10 Å². The Morgan fingerprint density at radius 1 is 1.33 bits per heavy atom. The number of nitrogens with one attached hydrogen (secondary N) is 1. The number of β-amino-alcohol motifs (C(OH)–C–C–N with tert-alkyl or cyclic N) is 1. The average molecular weight is 457 g/mol. The van der Waals surface area contributed by atoms with Gasteiger partial charge in [0.05, 0.1) is 30.2 Å². The number of aliphatic hydroxyl groups excluding tert-OH is 1. The molecule has 33 heavy (non-hydrogen) atoms. The molecule has 3 fully saturated rings. The van der Waals surface area contributed by atoms with E-state index in [-0.39, 0.29) is 32.3 Å². The molecule has 11 nitrogen and oxygen atoms in total. The van der Waals surface area contributed by atoms with Gasteiger partial charge < -0.3 is 24.8 Å². The third-order valence-electron chi connectivity index (χ3n) is 7.23. The topological polar surface area (TPSA) is 136 Å². The first kappa shape index (κ1) is 21.8. The van der Waals surface area contributed by atoms with Crippen LogP contribution in [0.25, 0.3) is 11.0 Å². The zero-order valence-electron chi connectivity index (χ0n) is 18.6. The fraction of sp³-hybridized carbons (Fsp3) is 0.591. The van der Waals surface area contributed by atoms with Gasteiger partial charge in [-0.25, -0.2) is 4.68 Å². The largest absolute Gasteiger partial charge is 0.466 e. The highest BCUT2D eigenvalue weighted by atomic mass is 16.6. The zero-order chi connectivity index (χ0) is 23.4. The molecule has 2 aromatic rings. The third-order valence-corrected chi connectivity index (χ3v) is 7.23. The Bertz CT molecular complexity index is 1120. The molecule has 0 radical (unpaired) electrons. The predicted octanol–water partition coefficient (Wildman–Crippen LogP) is -0.175. The molecule has 3 saturated heterocycles. The van der Waals surface area contributed by atoms with Crippen molar-refractivity contribution in [1.82, 2.24) is 25.2 Å². The van der Waals surface area contributed by atoms with Gasteiger partial charge in [0.2, 0.25) is 11.8 Å². The highest BCUT2D eigenvalue weighted by molar-refractivity contribution is 5.98. The molecular formula is C22H27N5O6. The van der Waals surface area contributed by atoms with Crippen LogP contribution >= 0.6 is 0 Å². The van der Waals surface area contributed by atoms with Crippen molar-refractivity contribution in [1.29, 1.82) is 0 Å². The van der Waals surface area contributed by atoms with Crippen molar-refractivity contribution in [3.63, 3.8) is 0 Å². The van der Waals surface area contributed by atoms with E-state index in [0.29, 0.717) is 18.4 Å². The van der Waals surface area contributed by atoms with Gasteiger partial charge in [-0.3, -0.25) is 14.4 Å². The lowest BCUT2D eigenvalue weighted by atomic mass is 9.66. The lowest BCUT2D eigenvalue weighted by Crippen LogP contribution is -2.55. The summed E-state index contributed by atoms with van der Waals surface area (Å²) in [4.78, 5) is 41.1. The first-order valence-electron chi connectivity index (χ1n) is 11.2. The summed E-state index contributed by atoms with van der Waals surface area (Å²) in [5.74, 6) is -2.90. The minimum atomic E-state index is -1.15.